The first-order valence-corrected chi connectivity index (χ1v) is 18.3. The summed E-state index contributed by atoms with van der Waals surface area (Å²) in [7, 11) is 0.263. The van der Waals surface area contributed by atoms with Gasteiger partial charge in [0.2, 0.25) is 5.75 Å². The highest BCUT2D eigenvalue weighted by molar-refractivity contribution is 7.99. The van der Waals surface area contributed by atoms with E-state index in [1.165, 1.54) is 17.4 Å². The Hall–Kier alpha value is -4.59. The number of nitrogens with zero attached hydrogens (tertiary/aromatic N) is 6. The van der Waals surface area contributed by atoms with Crippen molar-refractivity contribution in [2.75, 3.05) is 68.5 Å². The smallest absolute Gasteiger partial charge is 0.204 e. The molecule has 5 aromatic rings. The lowest BCUT2D eigenvalue weighted by Gasteiger charge is -2.36. The molecule has 11 nitrogen and oxygen atoms in total. The molecule has 3 heterocycles. The number of ether oxygens (including phenoxy) is 1. The molecule has 0 bridgehead atoms. The molecule has 0 saturated carbocycles. The van der Waals surface area contributed by atoms with Gasteiger partial charge in [-0.2, -0.15) is 5.10 Å². The lowest BCUT2D eigenvalue weighted by molar-refractivity contribution is 0.262. The van der Waals surface area contributed by atoms with Gasteiger partial charge in [-0.15, -0.1) is 0 Å². The Bertz CT molecular complexity index is 1900. The van der Waals surface area contributed by atoms with Crippen LogP contribution in [-0.2, 0) is 15.6 Å². The van der Waals surface area contributed by atoms with Crippen LogP contribution in [0.2, 0.25) is 0 Å². The molecule has 13 heteroatoms. The monoisotopic (exact) mass is 684 g/mol. The van der Waals surface area contributed by atoms with Gasteiger partial charge in [-0.3, -0.25) is 10.00 Å². The van der Waals surface area contributed by atoms with E-state index in [-0.39, 0.29) is 10.6 Å². The van der Waals surface area contributed by atoms with E-state index in [9.17, 15) is 8.42 Å². The minimum atomic E-state index is -3.49. The fraction of sp³-hybridized carbons (Fsp3) is 0.286. The van der Waals surface area contributed by atoms with Crippen LogP contribution in [0.25, 0.3) is 0 Å². The number of hydrogen-bond donors (Lipinski definition) is 2. The van der Waals surface area contributed by atoms with E-state index in [1.54, 1.807) is 31.4 Å². The molecule has 0 radical (unpaired) electrons. The summed E-state index contributed by atoms with van der Waals surface area (Å²) in [5.41, 5.74) is 2.88. The maximum Gasteiger partial charge on any atom is 0.204 e. The van der Waals surface area contributed by atoms with E-state index in [2.05, 4.69) is 61.5 Å². The number of benzene rings is 3. The predicted molar refractivity (Wildman–Crippen MR) is 191 cm³/mol. The van der Waals surface area contributed by atoms with E-state index in [1.807, 2.05) is 49.4 Å². The second-order valence-electron chi connectivity index (χ2n) is 11.7. The van der Waals surface area contributed by atoms with Crippen molar-refractivity contribution >= 4 is 44.7 Å². The average molecular weight is 685 g/mol. The number of aryl methyl sites for hydroxylation is 1. The quantitative estimate of drug-likeness (QED) is 0.150. The van der Waals surface area contributed by atoms with Crippen LogP contribution in [0.4, 0.5) is 23.1 Å². The average Bonchev–Trinajstić information content (AvgIpc) is 3.52. The van der Waals surface area contributed by atoms with Crippen LogP contribution in [0.5, 0.6) is 5.75 Å². The molecule has 2 N–H and O–H groups in total. The number of likely N-dealkylation sites (N-methyl/N-ethyl adjacent to an activating group) is 1. The summed E-state index contributed by atoms with van der Waals surface area (Å²) in [6, 6.07) is 28.4. The molecular weight excluding hydrogens is 645 g/mol. The molecule has 250 valence electrons. The summed E-state index contributed by atoms with van der Waals surface area (Å²) < 4.78 is 32.0. The zero-order chi connectivity index (χ0) is 33.5. The van der Waals surface area contributed by atoms with Crippen LogP contribution in [0, 0.1) is 6.92 Å². The van der Waals surface area contributed by atoms with E-state index in [0.717, 1.165) is 55.4 Å². The van der Waals surface area contributed by atoms with Gasteiger partial charge in [0.05, 0.1) is 17.8 Å². The zero-order valence-corrected chi connectivity index (χ0v) is 29.0. The number of sulfone groups is 1. The molecular formula is C35H40N8O3S2. The largest absolute Gasteiger partial charge is 0.490 e. The summed E-state index contributed by atoms with van der Waals surface area (Å²) in [5.74, 6) is 2.31. The first-order valence-electron chi connectivity index (χ1n) is 15.8. The maximum absolute atomic E-state index is 13.1. The summed E-state index contributed by atoms with van der Waals surface area (Å²) in [5, 5.41) is 11.1. The van der Waals surface area contributed by atoms with Gasteiger partial charge >= 0.3 is 0 Å². The van der Waals surface area contributed by atoms with Gasteiger partial charge in [-0.05, 0) is 60.6 Å². The Morgan fingerprint density at radius 2 is 1.62 bits per heavy atom. The van der Waals surface area contributed by atoms with Gasteiger partial charge in [0.15, 0.2) is 32.4 Å². The van der Waals surface area contributed by atoms with Crippen molar-refractivity contribution in [3.63, 3.8) is 0 Å². The number of H-pyrrole nitrogens is 1. The molecule has 1 aliphatic heterocycles. The van der Waals surface area contributed by atoms with Crippen molar-refractivity contribution in [1.29, 1.82) is 0 Å². The van der Waals surface area contributed by atoms with Crippen LogP contribution in [-0.4, -0.2) is 86.9 Å². The van der Waals surface area contributed by atoms with Gasteiger partial charge in [-0.1, -0.05) is 48.5 Å². The number of aromatic amines is 1. The number of anilines is 4. The van der Waals surface area contributed by atoms with Gasteiger partial charge in [0.1, 0.15) is 0 Å². The Kier molecular flexibility index (Phi) is 10.5. The summed E-state index contributed by atoms with van der Waals surface area (Å²) in [6.45, 7) is 7.16. The topological polar surface area (TPSA) is 120 Å². The van der Waals surface area contributed by atoms with E-state index >= 15 is 0 Å². The van der Waals surface area contributed by atoms with Crippen molar-refractivity contribution in [1.82, 2.24) is 25.1 Å². The van der Waals surface area contributed by atoms with Crippen molar-refractivity contribution in [2.45, 2.75) is 27.6 Å². The van der Waals surface area contributed by atoms with Crippen LogP contribution in [0.1, 0.15) is 11.3 Å². The molecule has 1 aliphatic rings. The predicted octanol–water partition coefficient (Wildman–Crippen LogP) is 5.64. The molecule has 0 atom stereocenters. The van der Waals surface area contributed by atoms with E-state index in [0.29, 0.717) is 28.4 Å². The molecule has 0 amide bonds. The Labute approximate surface area is 286 Å². The highest BCUT2D eigenvalue weighted by atomic mass is 32.2. The third-order valence-corrected chi connectivity index (χ3v) is 10.8. The summed E-state index contributed by atoms with van der Waals surface area (Å²) >= 11 is 1.36. The normalized spacial score (nSPS) is 13.8. The highest BCUT2D eigenvalue weighted by Gasteiger charge is 2.26. The van der Waals surface area contributed by atoms with Crippen LogP contribution >= 0.6 is 11.8 Å². The van der Waals surface area contributed by atoms with Gasteiger partial charge in [0.25, 0.3) is 0 Å². The van der Waals surface area contributed by atoms with E-state index < -0.39 is 9.84 Å². The number of piperazine rings is 1. The second kappa shape index (κ2) is 15.1. The number of para-hydroxylation sites is 1. The third kappa shape index (κ3) is 8.27. The first kappa shape index (κ1) is 33.3. The molecule has 0 unspecified atom stereocenters. The molecule has 1 saturated heterocycles. The van der Waals surface area contributed by atoms with Crippen molar-refractivity contribution in [3.05, 3.63) is 102 Å². The lowest BCUT2D eigenvalue weighted by Crippen LogP contribution is -2.48. The Morgan fingerprint density at radius 3 is 2.27 bits per heavy atom. The zero-order valence-electron chi connectivity index (χ0n) is 27.3. The van der Waals surface area contributed by atoms with Gasteiger partial charge < -0.3 is 19.9 Å². The van der Waals surface area contributed by atoms with Gasteiger partial charge in [0, 0.05) is 68.7 Å². The Morgan fingerprint density at radius 1 is 0.938 bits per heavy atom. The van der Waals surface area contributed by atoms with Crippen LogP contribution in [0.3, 0.4) is 0 Å². The van der Waals surface area contributed by atoms with Crippen molar-refractivity contribution < 1.29 is 13.2 Å². The minimum absolute atomic E-state index is 0.0516. The lowest BCUT2D eigenvalue weighted by atomic mass is 10.2. The fourth-order valence-corrected chi connectivity index (χ4v) is 7.64. The second-order valence-corrected chi connectivity index (χ2v) is 14.7. The molecule has 1 fully saturated rings. The minimum Gasteiger partial charge on any atom is -0.490 e. The number of nitrogens with one attached hydrogen (secondary N) is 2. The molecule has 6 rings (SSSR count). The SMILES string of the molecule is COc1c(Nc2cc(C)[nH]n2)nc(Sc2ccc(S(=O)(=O)Cc3ccccc3)cc2)nc1N1CCN(CCN(C)c2ccccc2)CC1. The van der Waals surface area contributed by atoms with E-state index in [4.69, 9.17) is 14.7 Å². The summed E-state index contributed by atoms with van der Waals surface area (Å²) in [4.78, 5) is 17.9. The third-order valence-electron chi connectivity index (χ3n) is 8.20. The first-order chi connectivity index (χ1) is 23.3. The molecule has 0 spiro atoms. The standard InChI is InChI=1S/C35H40N8O3S2/c1-26-24-31(40-39-26)36-33-32(46-3)34(43-22-20-42(21-23-43)19-18-41(2)28-12-8-5-9-13-28)38-35(37-33)47-29-14-16-30(17-15-29)48(44,45)25-27-10-6-4-7-11-27/h4-17,24H,18-23,25H2,1-3H3,(H2,36,37,38,39,40). The number of methoxy groups -OCH3 is 1. The highest BCUT2D eigenvalue weighted by Crippen LogP contribution is 2.38. The number of aromatic nitrogens is 4. The molecule has 48 heavy (non-hydrogen) atoms. The maximum atomic E-state index is 13.1. The Balaban J connectivity index is 1.19. The molecule has 0 aliphatic carbocycles. The van der Waals surface area contributed by atoms with Crippen LogP contribution < -0.4 is 19.9 Å². The van der Waals surface area contributed by atoms with Crippen molar-refractivity contribution in [3.8, 4) is 5.75 Å². The van der Waals surface area contributed by atoms with Crippen LogP contribution in [0.15, 0.2) is 106 Å². The number of rotatable bonds is 13. The molecule has 3 aromatic carbocycles. The van der Waals surface area contributed by atoms with Crippen molar-refractivity contribution in [2.24, 2.45) is 0 Å². The number of hydrogen-bond acceptors (Lipinski definition) is 11. The fourth-order valence-electron chi connectivity index (χ4n) is 5.54. The van der Waals surface area contributed by atoms with Gasteiger partial charge in [-0.25, -0.2) is 18.4 Å². The molecule has 2 aromatic heterocycles. The summed E-state index contributed by atoms with van der Waals surface area (Å²) in [6.07, 6.45) is 0.